The average molecular weight is 665 g/mol. The van der Waals surface area contributed by atoms with E-state index in [2.05, 4.69) is 26.8 Å². The number of ketones is 2. The Labute approximate surface area is 264 Å². The van der Waals surface area contributed by atoms with Gasteiger partial charge in [0.1, 0.15) is 17.4 Å². The molecule has 1 aliphatic rings. The van der Waals surface area contributed by atoms with Crippen LogP contribution in [-0.2, 0) is 26.6 Å². The number of nitrogens with one attached hydrogen (secondary N) is 1. The summed E-state index contributed by atoms with van der Waals surface area (Å²) in [5.74, 6) is -0.762. The molecular weight excluding hydrogens is 633 g/mol. The number of unbranched alkanes of at least 4 members (excludes halogenated alkanes) is 2. The minimum Gasteiger partial charge on any atom is -0.454 e. The van der Waals surface area contributed by atoms with Gasteiger partial charge in [0, 0.05) is 35.3 Å². The highest BCUT2D eigenvalue weighted by atomic mass is 35.5. The van der Waals surface area contributed by atoms with E-state index in [9.17, 15) is 31.2 Å². The normalized spacial score (nSPS) is 14.0. The predicted octanol–water partition coefficient (Wildman–Crippen LogP) is 6.42. The fourth-order valence-corrected chi connectivity index (χ4v) is 5.45. The van der Waals surface area contributed by atoms with Crippen LogP contribution >= 0.6 is 11.6 Å². The first-order valence-corrected chi connectivity index (χ1v) is 16.3. The van der Waals surface area contributed by atoms with Crippen molar-refractivity contribution in [3.63, 3.8) is 0 Å². The van der Waals surface area contributed by atoms with Crippen molar-refractivity contribution in [3.8, 4) is 6.01 Å². The zero-order valence-electron chi connectivity index (χ0n) is 24.3. The standard InChI is InChI=1S/C31H32ClF3N4O5S/c1-2-45(42,43)19-25(40)6-4-3-5-7-26(41)22-10-8-21(9-11-22)18-27-36-28(38-29(37-27)44-20-31(33,34)35)39-30(16-17-30)23-12-14-24(32)15-13-23/h2,8-15H,1,3-7,16-20H2,(H,36,37,38,39). The summed E-state index contributed by atoms with van der Waals surface area (Å²) in [7, 11) is -3.57. The van der Waals surface area contributed by atoms with Crippen LogP contribution in [0, 0.1) is 0 Å². The van der Waals surface area contributed by atoms with E-state index in [0.717, 1.165) is 29.4 Å². The maximum Gasteiger partial charge on any atom is 0.422 e. The number of Topliss-reactive ketones (excluding diaryl/α,β-unsaturated/α-hetero) is 2. The smallest absolute Gasteiger partial charge is 0.422 e. The SMILES string of the molecule is C=CS(=O)(=O)CC(=O)CCCCCC(=O)c1ccc(Cc2nc(NC3(c4ccc(Cl)cc4)CC3)nc(OCC(F)(F)F)n2)cc1. The summed E-state index contributed by atoms with van der Waals surface area (Å²) in [6.07, 6.45) is -0.891. The molecule has 1 heterocycles. The van der Waals surface area contributed by atoms with Gasteiger partial charge in [0.2, 0.25) is 5.95 Å². The summed E-state index contributed by atoms with van der Waals surface area (Å²) in [5.41, 5.74) is 1.67. The van der Waals surface area contributed by atoms with Gasteiger partial charge in [0.15, 0.2) is 22.2 Å². The molecule has 1 N–H and O–H groups in total. The first-order chi connectivity index (χ1) is 21.3. The zero-order valence-corrected chi connectivity index (χ0v) is 25.8. The molecule has 1 saturated carbocycles. The van der Waals surface area contributed by atoms with Crippen molar-refractivity contribution in [1.82, 2.24) is 15.0 Å². The molecular formula is C31H32ClF3N4O5S. The van der Waals surface area contributed by atoms with Crippen LogP contribution in [0.1, 0.15) is 72.3 Å². The number of sulfone groups is 1. The van der Waals surface area contributed by atoms with Gasteiger partial charge in [-0.1, -0.05) is 61.0 Å². The highest BCUT2D eigenvalue weighted by molar-refractivity contribution is 7.94. The second-order valence-electron chi connectivity index (χ2n) is 10.8. The Morgan fingerprint density at radius 3 is 2.27 bits per heavy atom. The third-order valence-electron chi connectivity index (χ3n) is 7.14. The molecule has 45 heavy (non-hydrogen) atoms. The number of hydrogen-bond acceptors (Lipinski definition) is 9. The fraction of sp³-hybridized carbons (Fsp3) is 0.387. The molecule has 2 aromatic carbocycles. The lowest BCUT2D eigenvalue weighted by Gasteiger charge is -2.19. The van der Waals surface area contributed by atoms with Crippen LogP contribution in [0.25, 0.3) is 0 Å². The first-order valence-electron chi connectivity index (χ1n) is 14.2. The van der Waals surface area contributed by atoms with Crippen LogP contribution in [0.2, 0.25) is 5.02 Å². The summed E-state index contributed by atoms with van der Waals surface area (Å²) >= 11 is 6.01. The first kappa shape index (κ1) is 34.0. The van der Waals surface area contributed by atoms with Crippen molar-refractivity contribution in [2.24, 2.45) is 0 Å². The van der Waals surface area contributed by atoms with Gasteiger partial charge >= 0.3 is 12.2 Å². The molecule has 0 saturated heterocycles. The van der Waals surface area contributed by atoms with Gasteiger partial charge in [-0.25, -0.2) is 8.42 Å². The number of aromatic nitrogens is 3. The van der Waals surface area contributed by atoms with Gasteiger partial charge in [-0.05, 0) is 48.9 Å². The number of anilines is 1. The van der Waals surface area contributed by atoms with Crippen molar-refractivity contribution in [2.75, 3.05) is 17.7 Å². The second-order valence-corrected chi connectivity index (χ2v) is 13.2. The number of alkyl halides is 3. The predicted molar refractivity (Wildman–Crippen MR) is 163 cm³/mol. The second kappa shape index (κ2) is 14.5. The topological polar surface area (TPSA) is 128 Å². The summed E-state index contributed by atoms with van der Waals surface area (Å²) < 4.78 is 66.3. The van der Waals surface area contributed by atoms with Gasteiger partial charge < -0.3 is 10.1 Å². The maximum absolute atomic E-state index is 12.9. The molecule has 3 aromatic rings. The van der Waals surface area contributed by atoms with Crippen LogP contribution in [-0.4, -0.2) is 53.5 Å². The van der Waals surface area contributed by atoms with Crippen LogP contribution in [0.3, 0.4) is 0 Å². The van der Waals surface area contributed by atoms with Gasteiger partial charge in [-0.15, -0.1) is 0 Å². The Kier molecular flexibility index (Phi) is 11.0. The number of nitrogens with zero attached hydrogens (tertiary/aromatic N) is 3. The molecule has 0 spiro atoms. The quantitative estimate of drug-likeness (QED) is 0.128. The van der Waals surface area contributed by atoms with Gasteiger partial charge in [-0.2, -0.15) is 28.1 Å². The Hall–Kier alpha value is -3.84. The van der Waals surface area contributed by atoms with Gasteiger partial charge in [0.05, 0.1) is 5.54 Å². The molecule has 0 aliphatic heterocycles. The molecule has 0 unspecified atom stereocenters. The maximum atomic E-state index is 12.9. The average Bonchev–Trinajstić information content (AvgIpc) is 3.76. The lowest BCUT2D eigenvalue weighted by Crippen LogP contribution is -2.23. The zero-order chi connectivity index (χ0) is 32.7. The van der Waals surface area contributed by atoms with Crippen molar-refractivity contribution in [2.45, 2.75) is 63.1 Å². The number of benzene rings is 2. The molecule has 1 fully saturated rings. The lowest BCUT2D eigenvalue weighted by molar-refractivity contribution is -0.154. The molecule has 1 aliphatic carbocycles. The molecule has 0 bridgehead atoms. The van der Waals surface area contributed by atoms with E-state index in [0.29, 0.717) is 29.8 Å². The summed E-state index contributed by atoms with van der Waals surface area (Å²) in [6.45, 7) is 1.63. The lowest BCUT2D eigenvalue weighted by atomic mass is 10.0. The number of carbonyl (C=O) groups excluding carboxylic acids is 2. The largest absolute Gasteiger partial charge is 0.454 e. The van der Waals surface area contributed by atoms with Crippen LogP contribution < -0.4 is 10.1 Å². The number of rotatable bonds is 17. The highest BCUT2D eigenvalue weighted by Crippen LogP contribution is 2.48. The van der Waals surface area contributed by atoms with Crippen LogP contribution in [0.15, 0.2) is 60.5 Å². The molecule has 0 radical (unpaired) electrons. The third-order valence-corrected chi connectivity index (χ3v) is 8.62. The number of carbonyl (C=O) groups is 2. The van der Waals surface area contributed by atoms with E-state index in [1.54, 1.807) is 36.4 Å². The minimum absolute atomic E-state index is 0.0838. The summed E-state index contributed by atoms with van der Waals surface area (Å²) in [6, 6.07) is 13.5. The van der Waals surface area contributed by atoms with E-state index < -0.39 is 39.9 Å². The Bertz CT molecular complexity index is 1630. The minimum atomic E-state index is -4.57. The Balaban J connectivity index is 1.36. The van der Waals surface area contributed by atoms with Crippen LogP contribution in [0.4, 0.5) is 19.1 Å². The van der Waals surface area contributed by atoms with Crippen molar-refractivity contribution in [3.05, 3.63) is 88.1 Å². The molecule has 4 rings (SSSR count). The Morgan fingerprint density at radius 1 is 0.978 bits per heavy atom. The van der Waals surface area contributed by atoms with E-state index >= 15 is 0 Å². The monoisotopic (exact) mass is 664 g/mol. The van der Waals surface area contributed by atoms with Gasteiger partial charge in [0.25, 0.3) is 0 Å². The number of halogens is 4. The van der Waals surface area contributed by atoms with Crippen molar-refractivity contribution < 1.29 is 35.9 Å². The fourth-order valence-electron chi connectivity index (χ4n) is 4.61. The third kappa shape index (κ3) is 10.6. The van der Waals surface area contributed by atoms with E-state index in [4.69, 9.17) is 16.3 Å². The van der Waals surface area contributed by atoms with E-state index in [1.165, 1.54) is 0 Å². The Morgan fingerprint density at radius 2 is 1.64 bits per heavy atom. The molecule has 1 aromatic heterocycles. The molecule has 14 heteroatoms. The van der Waals surface area contributed by atoms with Crippen molar-refractivity contribution in [1.29, 1.82) is 0 Å². The summed E-state index contributed by atoms with van der Waals surface area (Å²) in [4.78, 5) is 37.0. The van der Waals surface area contributed by atoms with E-state index in [1.807, 2.05) is 12.1 Å². The van der Waals surface area contributed by atoms with Crippen LogP contribution in [0.5, 0.6) is 6.01 Å². The van der Waals surface area contributed by atoms with E-state index in [-0.39, 0.29) is 42.6 Å². The van der Waals surface area contributed by atoms with Crippen molar-refractivity contribution >= 4 is 39.0 Å². The highest BCUT2D eigenvalue weighted by Gasteiger charge is 2.45. The molecule has 240 valence electrons. The number of hydrogen-bond donors (Lipinski definition) is 1. The molecule has 9 nitrogen and oxygen atoms in total. The molecule has 0 amide bonds. The number of ether oxygens (including phenoxy) is 1. The molecule has 0 atom stereocenters. The summed E-state index contributed by atoms with van der Waals surface area (Å²) in [5, 5.41) is 4.59. The van der Waals surface area contributed by atoms with Gasteiger partial charge in [-0.3, -0.25) is 9.59 Å².